The van der Waals surface area contributed by atoms with Gasteiger partial charge in [0.15, 0.2) is 18.1 Å². The van der Waals surface area contributed by atoms with Crippen molar-refractivity contribution in [3.8, 4) is 11.5 Å². The number of fused-ring (bicyclic) bond motifs is 1. The summed E-state index contributed by atoms with van der Waals surface area (Å²) in [5, 5.41) is 4.23. The van der Waals surface area contributed by atoms with Crippen LogP contribution in [0.5, 0.6) is 11.5 Å². The average Bonchev–Trinajstić information content (AvgIpc) is 2.80. The van der Waals surface area contributed by atoms with Crippen LogP contribution in [-0.4, -0.2) is 48.4 Å². The van der Waals surface area contributed by atoms with E-state index in [2.05, 4.69) is 10.1 Å². The van der Waals surface area contributed by atoms with Gasteiger partial charge in [-0.1, -0.05) is 43.7 Å². The molecule has 30 heavy (non-hydrogen) atoms. The van der Waals surface area contributed by atoms with Gasteiger partial charge in [-0.2, -0.15) is 0 Å². The maximum Gasteiger partial charge on any atom is 0.263 e. The van der Waals surface area contributed by atoms with Crippen molar-refractivity contribution in [3.05, 3.63) is 23.8 Å². The summed E-state index contributed by atoms with van der Waals surface area (Å²) in [4.78, 5) is 20.9. The highest BCUT2D eigenvalue weighted by molar-refractivity contribution is 5.99. The predicted molar refractivity (Wildman–Crippen MR) is 116 cm³/mol. The van der Waals surface area contributed by atoms with Crippen molar-refractivity contribution >= 4 is 11.6 Å². The number of carbonyl (C=O) groups is 1. The van der Waals surface area contributed by atoms with Gasteiger partial charge in [-0.3, -0.25) is 4.79 Å². The Kier molecular flexibility index (Phi) is 7.13. The van der Waals surface area contributed by atoms with Gasteiger partial charge in [0.2, 0.25) is 0 Å². The molecule has 0 bridgehead atoms. The van der Waals surface area contributed by atoms with Crippen LogP contribution in [0.15, 0.2) is 23.4 Å². The Balaban J connectivity index is 1.38. The van der Waals surface area contributed by atoms with E-state index >= 15 is 0 Å². The fraction of sp³-hybridized carbons (Fsp3) is 0.667. The van der Waals surface area contributed by atoms with E-state index in [1.54, 1.807) is 0 Å². The lowest BCUT2D eigenvalue weighted by atomic mass is 9.88. The van der Waals surface area contributed by atoms with Crippen LogP contribution in [-0.2, 0) is 9.63 Å². The number of benzene rings is 1. The van der Waals surface area contributed by atoms with Crippen molar-refractivity contribution in [2.45, 2.75) is 83.2 Å². The van der Waals surface area contributed by atoms with Crippen LogP contribution in [0, 0.1) is 0 Å². The third-order valence-corrected chi connectivity index (χ3v) is 6.57. The van der Waals surface area contributed by atoms with Crippen LogP contribution in [0.2, 0.25) is 0 Å². The lowest BCUT2D eigenvalue weighted by molar-refractivity contribution is -0.143. The smallest absolute Gasteiger partial charge is 0.263 e. The van der Waals surface area contributed by atoms with Crippen molar-refractivity contribution in [1.82, 2.24) is 4.90 Å². The summed E-state index contributed by atoms with van der Waals surface area (Å²) in [5.74, 6) is 1.57. The fourth-order valence-electron chi connectivity index (χ4n) is 5.00. The first-order valence-corrected chi connectivity index (χ1v) is 11.6. The predicted octanol–water partition coefficient (Wildman–Crippen LogP) is 4.69. The molecule has 0 atom stereocenters. The Labute approximate surface area is 179 Å². The molecule has 2 fully saturated rings. The van der Waals surface area contributed by atoms with Crippen LogP contribution in [0.1, 0.15) is 76.7 Å². The molecule has 6 nitrogen and oxygen atoms in total. The molecule has 0 aromatic heterocycles. The summed E-state index contributed by atoms with van der Waals surface area (Å²) in [5.41, 5.74) is 1.63. The number of rotatable bonds is 6. The second-order valence-corrected chi connectivity index (χ2v) is 8.69. The van der Waals surface area contributed by atoms with Gasteiger partial charge in [-0.05, 0) is 50.8 Å². The number of hydrogen-bond donors (Lipinski definition) is 0. The van der Waals surface area contributed by atoms with Crippen LogP contribution in [0.3, 0.4) is 0 Å². The van der Waals surface area contributed by atoms with Crippen LogP contribution < -0.4 is 9.47 Å². The van der Waals surface area contributed by atoms with Gasteiger partial charge in [-0.25, -0.2) is 0 Å². The Hall–Kier alpha value is -2.24. The molecule has 2 aliphatic carbocycles. The monoisotopic (exact) mass is 414 g/mol. The lowest BCUT2D eigenvalue weighted by Crippen LogP contribution is -2.50. The van der Waals surface area contributed by atoms with Gasteiger partial charge in [0, 0.05) is 17.6 Å². The summed E-state index contributed by atoms with van der Waals surface area (Å²) in [6.45, 7) is 3.02. The number of carbonyl (C=O) groups excluding carboxylic acids is 1. The molecular weight excluding hydrogens is 380 g/mol. The molecule has 0 saturated heterocycles. The first kappa shape index (κ1) is 21.0. The van der Waals surface area contributed by atoms with Crippen molar-refractivity contribution in [2.75, 3.05) is 19.8 Å². The summed E-state index contributed by atoms with van der Waals surface area (Å²) < 4.78 is 11.2. The highest BCUT2D eigenvalue weighted by Gasteiger charge is 2.32. The summed E-state index contributed by atoms with van der Waals surface area (Å²) in [7, 11) is 0. The maximum absolute atomic E-state index is 13.1. The molecule has 1 aliphatic heterocycles. The minimum atomic E-state index is 0.00882. The summed E-state index contributed by atoms with van der Waals surface area (Å²) in [6, 6.07) is 6.49. The molecule has 3 aliphatic rings. The van der Waals surface area contributed by atoms with Crippen LogP contribution >= 0.6 is 0 Å². The number of hydrogen-bond acceptors (Lipinski definition) is 5. The molecule has 164 valence electrons. The zero-order valence-corrected chi connectivity index (χ0v) is 18.1. The molecule has 1 amide bonds. The number of nitrogens with zero attached hydrogens (tertiary/aromatic N) is 2. The Morgan fingerprint density at radius 1 is 0.967 bits per heavy atom. The van der Waals surface area contributed by atoms with E-state index in [1.165, 1.54) is 38.5 Å². The normalized spacial score (nSPS) is 20.6. The van der Waals surface area contributed by atoms with Crippen molar-refractivity contribution in [2.24, 2.45) is 5.16 Å². The largest absolute Gasteiger partial charge is 0.486 e. The number of amides is 1. The first-order chi connectivity index (χ1) is 14.7. The molecule has 6 heteroatoms. The quantitative estimate of drug-likeness (QED) is 0.500. The molecule has 0 N–H and O–H groups in total. The van der Waals surface area contributed by atoms with Crippen LogP contribution in [0.25, 0.3) is 0 Å². The van der Waals surface area contributed by atoms with Gasteiger partial charge in [-0.15, -0.1) is 0 Å². The molecule has 4 rings (SSSR count). The van der Waals surface area contributed by atoms with Gasteiger partial charge in [0.25, 0.3) is 5.91 Å². The van der Waals surface area contributed by atoms with Gasteiger partial charge in [0.1, 0.15) is 13.2 Å². The van der Waals surface area contributed by atoms with E-state index in [-0.39, 0.29) is 12.5 Å². The van der Waals surface area contributed by atoms with Crippen molar-refractivity contribution < 1.29 is 19.1 Å². The van der Waals surface area contributed by atoms with Gasteiger partial charge in [0.05, 0.1) is 5.71 Å². The highest BCUT2D eigenvalue weighted by Crippen LogP contribution is 2.32. The Bertz CT molecular complexity index is 734. The third kappa shape index (κ3) is 5.08. The minimum absolute atomic E-state index is 0.00882. The van der Waals surface area contributed by atoms with E-state index in [1.807, 2.05) is 25.1 Å². The molecule has 0 radical (unpaired) electrons. The lowest BCUT2D eigenvalue weighted by Gasteiger charge is -2.41. The summed E-state index contributed by atoms with van der Waals surface area (Å²) >= 11 is 0. The molecule has 0 unspecified atom stereocenters. The molecular formula is C24H34N2O4. The number of ether oxygens (including phenoxy) is 2. The minimum Gasteiger partial charge on any atom is -0.486 e. The standard InChI is InChI=1S/C24H34N2O4/c1-18(19-12-13-22-23(16-19)29-15-14-28-22)25-30-17-24(27)26(20-8-4-2-5-9-20)21-10-6-3-7-11-21/h12-13,16,20-21H,2-11,14-15,17H2,1H3/b25-18-. The molecule has 1 aromatic rings. The summed E-state index contributed by atoms with van der Waals surface area (Å²) in [6.07, 6.45) is 12.0. The van der Waals surface area contributed by atoms with Gasteiger partial charge < -0.3 is 19.2 Å². The van der Waals surface area contributed by atoms with Gasteiger partial charge >= 0.3 is 0 Å². The molecule has 1 aromatic carbocycles. The SMILES string of the molecule is C/C(=N/OCC(=O)N(C1CCCCC1)C1CCCCC1)c1ccc2c(c1)OCCO2. The van der Waals surface area contributed by atoms with E-state index in [4.69, 9.17) is 14.3 Å². The van der Waals surface area contributed by atoms with E-state index < -0.39 is 0 Å². The highest BCUT2D eigenvalue weighted by atomic mass is 16.6. The fourth-order valence-corrected chi connectivity index (χ4v) is 5.00. The second kappa shape index (κ2) is 10.2. The third-order valence-electron chi connectivity index (χ3n) is 6.57. The van der Waals surface area contributed by atoms with Crippen LogP contribution in [0.4, 0.5) is 0 Å². The maximum atomic E-state index is 13.1. The van der Waals surface area contributed by atoms with Crippen molar-refractivity contribution in [1.29, 1.82) is 0 Å². The van der Waals surface area contributed by atoms with E-state index in [0.717, 1.165) is 48.5 Å². The second-order valence-electron chi connectivity index (χ2n) is 8.69. The topological polar surface area (TPSA) is 60.4 Å². The Morgan fingerprint density at radius 2 is 1.57 bits per heavy atom. The Morgan fingerprint density at radius 3 is 2.20 bits per heavy atom. The molecule has 0 spiro atoms. The number of oxime groups is 1. The zero-order valence-electron chi connectivity index (χ0n) is 18.1. The zero-order chi connectivity index (χ0) is 20.8. The van der Waals surface area contributed by atoms with Crippen molar-refractivity contribution in [3.63, 3.8) is 0 Å². The van der Waals surface area contributed by atoms with E-state index in [0.29, 0.717) is 25.3 Å². The first-order valence-electron chi connectivity index (χ1n) is 11.6. The average molecular weight is 415 g/mol. The van der Waals surface area contributed by atoms with E-state index in [9.17, 15) is 4.79 Å². The molecule has 1 heterocycles. The molecule has 2 saturated carbocycles.